The van der Waals surface area contributed by atoms with E-state index in [0.29, 0.717) is 29.2 Å². The number of carbonyl (C=O) groups is 1. The average molecular weight is 278 g/mol. The fraction of sp³-hybridized carbons (Fsp3) is 0.667. The molecule has 0 spiro atoms. The van der Waals surface area contributed by atoms with Crippen LogP contribution in [0.2, 0.25) is 0 Å². The molecule has 0 unspecified atom stereocenters. The van der Waals surface area contributed by atoms with E-state index in [1.165, 1.54) is 0 Å². The molecule has 5 nitrogen and oxygen atoms in total. The molecule has 0 aromatic carbocycles. The molecular weight excluding hydrogens is 252 g/mol. The van der Waals surface area contributed by atoms with Gasteiger partial charge in [-0.05, 0) is 25.2 Å². The van der Waals surface area contributed by atoms with Gasteiger partial charge in [-0.3, -0.25) is 4.79 Å². The van der Waals surface area contributed by atoms with Gasteiger partial charge in [0, 0.05) is 26.8 Å². The Balaban J connectivity index is 2.56. The van der Waals surface area contributed by atoms with E-state index < -0.39 is 0 Å². The van der Waals surface area contributed by atoms with Crippen molar-refractivity contribution < 1.29 is 4.79 Å². The monoisotopic (exact) mass is 278 g/mol. The van der Waals surface area contributed by atoms with Crippen LogP contribution in [0.1, 0.15) is 49.7 Å². The number of rotatable bonds is 5. The standard InChI is InChI=1S/C15H26N4O/c1-11-12(10-17-14(18-11)19(5)6)13(20)16-9-7-8-15(2,3)4/h10H,7-9H2,1-6H3,(H,16,20). The summed E-state index contributed by atoms with van der Waals surface area (Å²) in [6.07, 6.45) is 3.66. The van der Waals surface area contributed by atoms with E-state index in [4.69, 9.17) is 0 Å². The Morgan fingerprint density at radius 1 is 1.35 bits per heavy atom. The van der Waals surface area contributed by atoms with Gasteiger partial charge in [-0.15, -0.1) is 0 Å². The van der Waals surface area contributed by atoms with Crippen molar-refractivity contribution in [2.24, 2.45) is 5.41 Å². The predicted molar refractivity (Wildman–Crippen MR) is 82.1 cm³/mol. The van der Waals surface area contributed by atoms with Crippen molar-refractivity contribution in [3.63, 3.8) is 0 Å². The highest BCUT2D eigenvalue weighted by atomic mass is 16.1. The molecule has 20 heavy (non-hydrogen) atoms. The summed E-state index contributed by atoms with van der Waals surface area (Å²) in [5.74, 6) is 0.522. The Hall–Kier alpha value is -1.65. The van der Waals surface area contributed by atoms with Gasteiger partial charge in [0.2, 0.25) is 5.95 Å². The maximum Gasteiger partial charge on any atom is 0.254 e. The lowest BCUT2D eigenvalue weighted by molar-refractivity contribution is 0.0950. The fourth-order valence-electron chi connectivity index (χ4n) is 1.81. The van der Waals surface area contributed by atoms with E-state index in [2.05, 4.69) is 36.1 Å². The molecule has 0 aliphatic heterocycles. The largest absolute Gasteiger partial charge is 0.352 e. The maximum absolute atomic E-state index is 12.1. The first kappa shape index (κ1) is 16.4. The van der Waals surface area contributed by atoms with Crippen LogP contribution in [0.3, 0.4) is 0 Å². The third kappa shape index (κ3) is 5.15. The van der Waals surface area contributed by atoms with E-state index >= 15 is 0 Å². The maximum atomic E-state index is 12.1. The number of hydrogen-bond donors (Lipinski definition) is 1. The van der Waals surface area contributed by atoms with Crippen molar-refractivity contribution in [3.8, 4) is 0 Å². The fourth-order valence-corrected chi connectivity index (χ4v) is 1.81. The predicted octanol–water partition coefficient (Wildman–Crippen LogP) is 2.41. The van der Waals surface area contributed by atoms with Gasteiger partial charge in [-0.1, -0.05) is 20.8 Å². The minimum atomic E-state index is -0.0956. The minimum Gasteiger partial charge on any atom is -0.352 e. The molecule has 0 saturated carbocycles. The van der Waals surface area contributed by atoms with E-state index in [0.717, 1.165) is 12.8 Å². The van der Waals surface area contributed by atoms with Crippen LogP contribution in [0, 0.1) is 12.3 Å². The van der Waals surface area contributed by atoms with E-state index in [1.807, 2.05) is 25.9 Å². The van der Waals surface area contributed by atoms with Crippen LogP contribution in [-0.4, -0.2) is 36.5 Å². The molecule has 0 fully saturated rings. The molecule has 1 amide bonds. The van der Waals surface area contributed by atoms with Crippen LogP contribution in [0.4, 0.5) is 5.95 Å². The lowest BCUT2D eigenvalue weighted by Crippen LogP contribution is -2.27. The van der Waals surface area contributed by atoms with Gasteiger partial charge in [0.25, 0.3) is 5.91 Å². The second-order valence-electron chi connectivity index (χ2n) is 6.48. The summed E-state index contributed by atoms with van der Waals surface area (Å²) in [6, 6.07) is 0. The second kappa shape index (κ2) is 6.68. The van der Waals surface area contributed by atoms with E-state index in [1.54, 1.807) is 6.20 Å². The molecule has 0 atom stereocenters. The van der Waals surface area contributed by atoms with Gasteiger partial charge in [0.1, 0.15) is 0 Å². The first-order valence-electron chi connectivity index (χ1n) is 7.00. The summed E-state index contributed by atoms with van der Waals surface area (Å²) >= 11 is 0. The number of nitrogens with zero attached hydrogens (tertiary/aromatic N) is 3. The molecule has 1 aromatic heterocycles. The molecule has 0 aliphatic rings. The van der Waals surface area contributed by atoms with Crippen LogP contribution in [0.5, 0.6) is 0 Å². The Labute approximate surface area is 121 Å². The number of aromatic nitrogens is 2. The quantitative estimate of drug-likeness (QED) is 0.840. The average Bonchev–Trinajstić information content (AvgIpc) is 2.33. The van der Waals surface area contributed by atoms with Crippen LogP contribution in [0.25, 0.3) is 0 Å². The van der Waals surface area contributed by atoms with Crippen molar-refractivity contribution in [2.75, 3.05) is 25.5 Å². The molecule has 112 valence electrons. The molecule has 0 aliphatic carbocycles. The van der Waals surface area contributed by atoms with Crippen LogP contribution in [-0.2, 0) is 0 Å². The number of aryl methyl sites for hydroxylation is 1. The highest BCUT2D eigenvalue weighted by molar-refractivity contribution is 5.94. The molecule has 1 rings (SSSR count). The zero-order valence-electron chi connectivity index (χ0n) is 13.4. The second-order valence-corrected chi connectivity index (χ2v) is 6.48. The highest BCUT2D eigenvalue weighted by Gasteiger charge is 2.13. The summed E-state index contributed by atoms with van der Waals surface area (Å²) in [5, 5.41) is 2.93. The van der Waals surface area contributed by atoms with Gasteiger partial charge >= 0.3 is 0 Å². The number of anilines is 1. The zero-order chi connectivity index (χ0) is 15.3. The lowest BCUT2D eigenvalue weighted by atomic mass is 9.91. The summed E-state index contributed by atoms with van der Waals surface area (Å²) in [4.78, 5) is 22.4. The molecule has 1 aromatic rings. The van der Waals surface area contributed by atoms with E-state index in [9.17, 15) is 4.79 Å². The van der Waals surface area contributed by atoms with Crippen molar-refractivity contribution in [1.82, 2.24) is 15.3 Å². The first-order valence-corrected chi connectivity index (χ1v) is 7.00. The molecule has 0 saturated heterocycles. The molecule has 5 heteroatoms. The molecule has 1 heterocycles. The highest BCUT2D eigenvalue weighted by Crippen LogP contribution is 2.19. The van der Waals surface area contributed by atoms with E-state index in [-0.39, 0.29) is 5.91 Å². The van der Waals surface area contributed by atoms with Crippen molar-refractivity contribution in [3.05, 3.63) is 17.5 Å². The van der Waals surface area contributed by atoms with Gasteiger partial charge < -0.3 is 10.2 Å². The number of carbonyl (C=O) groups excluding carboxylic acids is 1. The van der Waals surface area contributed by atoms with Gasteiger partial charge in [-0.25, -0.2) is 9.97 Å². The summed E-state index contributed by atoms with van der Waals surface area (Å²) in [5.41, 5.74) is 1.56. The van der Waals surface area contributed by atoms with Crippen molar-refractivity contribution in [2.45, 2.75) is 40.5 Å². The molecule has 0 radical (unpaired) electrons. The summed E-state index contributed by atoms with van der Waals surface area (Å²) in [6.45, 7) is 9.12. The molecule has 0 bridgehead atoms. The topological polar surface area (TPSA) is 58.1 Å². The number of amides is 1. The smallest absolute Gasteiger partial charge is 0.254 e. The number of nitrogens with one attached hydrogen (secondary N) is 1. The Morgan fingerprint density at radius 3 is 2.50 bits per heavy atom. The molecular formula is C15H26N4O. The third-order valence-corrected chi connectivity index (χ3v) is 3.00. The van der Waals surface area contributed by atoms with Crippen LogP contribution >= 0.6 is 0 Å². The van der Waals surface area contributed by atoms with Crippen LogP contribution < -0.4 is 10.2 Å². The lowest BCUT2D eigenvalue weighted by Gasteiger charge is -2.18. The van der Waals surface area contributed by atoms with Gasteiger partial charge in [-0.2, -0.15) is 0 Å². The third-order valence-electron chi connectivity index (χ3n) is 3.00. The SMILES string of the molecule is Cc1nc(N(C)C)ncc1C(=O)NCCCC(C)(C)C. The van der Waals surface area contributed by atoms with Crippen LogP contribution in [0.15, 0.2) is 6.20 Å². The zero-order valence-corrected chi connectivity index (χ0v) is 13.4. The number of hydrogen-bond acceptors (Lipinski definition) is 4. The minimum absolute atomic E-state index is 0.0956. The summed E-state index contributed by atoms with van der Waals surface area (Å²) < 4.78 is 0. The van der Waals surface area contributed by atoms with Crippen molar-refractivity contribution >= 4 is 11.9 Å². The molecule has 1 N–H and O–H groups in total. The van der Waals surface area contributed by atoms with Gasteiger partial charge in [0.05, 0.1) is 11.3 Å². The normalized spacial score (nSPS) is 11.3. The first-order chi connectivity index (χ1) is 9.20. The Morgan fingerprint density at radius 2 is 2.00 bits per heavy atom. The Kier molecular flexibility index (Phi) is 5.48. The van der Waals surface area contributed by atoms with Gasteiger partial charge in [0.15, 0.2) is 0 Å². The summed E-state index contributed by atoms with van der Waals surface area (Å²) in [7, 11) is 3.75. The Bertz CT molecular complexity index is 463. The van der Waals surface area contributed by atoms with Crippen molar-refractivity contribution in [1.29, 1.82) is 0 Å².